The van der Waals surface area contributed by atoms with E-state index in [9.17, 15) is 0 Å². The molecule has 0 N–H and O–H groups in total. The number of hydrogen-bond acceptors (Lipinski definition) is 3. The SMILES string of the molecule is C[N+](C)(C)C.S=[SH-]=S. The zero-order valence-corrected chi connectivity index (χ0v) is 8.24. The zero-order valence-electron chi connectivity index (χ0n) is 5.71. The van der Waals surface area contributed by atoms with Crippen LogP contribution >= 0.6 is 0 Å². The van der Waals surface area contributed by atoms with Gasteiger partial charge in [-0.05, 0) is 0 Å². The highest BCUT2D eigenvalue weighted by Gasteiger charge is 1.88. The molecule has 0 heterocycles. The van der Waals surface area contributed by atoms with Crippen LogP contribution in [-0.4, -0.2) is 32.7 Å². The fourth-order valence-corrected chi connectivity index (χ4v) is 0. The summed E-state index contributed by atoms with van der Waals surface area (Å²) in [6.07, 6.45) is 0. The van der Waals surface area contributed by atoms with E-state index in [2.05, 4.69) is 50.6 Å². The molecule has 8 heavy (non-hydrogen) atoms. The zero-order chi connectivity index (χ0) is 7.21. The second-order valence-electron chi connectivity index (χ2n) is 2.76. The maximum absolute atomic E-state index is 4.18. The summed E-state index contributed by atoms with van der Waals surface area (Å²) in [6, 6.07) is 0. The Bertz CT molecular complexity index is 71.8. The molecule has 0 saturated heterocycles. The average Bonchev–Trinajstić information content (AvgIpc) is 1.27. The van der Waals surface area contributed by atoms with Gasteiger partial charge in [-0.3, -0.25) is 22.4 Å². The molecular formula is C4H13NS3. The summed E-state index contributed by atoms with van der Waals surface area (Å²) < 4.78 is 1.00. The van der Waals surface area contributed by atoms with Crippen molar-refractivity contribution in [1.29, 1.82) is 0 Å². The standard InChI is InChI=1S/C4H12N.HS3/c1-5(2,3)4;1-3-2/h1-4H3;3H/q+1;-1. The van der Waals surface area contributed by atoms with Gasteiger partial charge in [0.15, 0.2) is 0 Å². The molecule has 0 atom stereocenters. The van der Waals surface area contributed by atoms with Crippen molar-refractivity contribution in [2.24, 2.45) is 0 Å². The lowest BCUT2D eigenvalue weighted by Gasteiger charge is -2.14. The van der Waals surface area contributed by atoms with Crippen LogP contribution in [0.1, 0.15) is 0 Å². The van der Waals surface area contributed by atoms with Crippen molar-refractivity contribution in [3.63, 3.8) is 0 Å². The van der Waals surface area contributed by atoms with E-state index in [1.54, 1.807) is 0 Å². The monoisotopic (exact) mass is 171 g/mol. The molecule has 0 aliphatic carbocycles. The van der Waals surface area contributed by atoms with E-state index >= 15 is 0 Å². The van der Waals surface area contributed by atoms with Crippen LogP contribution in [0.4, 0.5) is 0 Å². The van der Waals surface area contributed by atoms with Crippen LogP contribution in [0, 0.1) is 0 Å². The van der Waals surface area contributed by atoms with Crippen molar-refractivity contribution in [1.82, 2.24) is 0 Å². The molecule has 0 aliphatic rings. The van der Waals surface area contributed by atoms with Gasteiger partial charge in [0.05, 0.1) is 28.2 Å². The molecule has 0 rings (SSSR count). The van der Waals surface area contributed by atoms with Crippen LogP contribution in [0.15, 0.2) is 0 Å². The van der Waals surface area contributed by atoms with Crippen LogP contribution in [0.25, 0.3) is 0 Å². The van der Waals surface area contributed by atoms with Gasteiger partial charge in [-0.1, -0.05) is 0 Å². The number of thiol groups is 1. The van der Waals surface area contributed by atoms with Crippen molar-refractivity contribution < 1.29 is 4.48 Å². The van der Waals surface area contributed by atoms with Crippen LogP contribution in [0.2, 0.25) is 0 Å². The van der Waals surface area contributed by atoms with Crippen molar-refractivity contribution >= 4 is 31.3 Å². The smallest absolute Gasteiger partial charge is 0.0675 e. The fraction of sp³-hybridized carbons (Fsp3) is 1.00. The largest absolute Gasteiger partial charge is 0.362 e. The first-order valence-corrected chi connectivity index (χ1v) is 5.08. The fourth-order valence-electron chi connectivity index (χ4n) is 0. The van der Waals surface area contributed by atoms with Crippen molar-refractivity contribution in [2.45, 2.75) is 0 Å². The molecule has 0 aromatic heterocycles. The highest BCUT2D eigenvalue weighted by molar-refractivity contribution is 8.37. The molecule has 0 bridgehead atoms. The Kier molecular flexibility index (Phi) is 8.48. The molecule has 0 aliphatic heterocycles. The van der Waals surface area contributed by atoms with E-state index < -0.39 is 0 Å². The number of nitrogens with zero attached hydrogens (tertiary/aromatic N) is 1. The van der Waals surface area contributed by atoms with Gasteiger partial charge in [0, 0.05) is 0 Å². The highest BCUT2D eigenvalue weighted by Crippen LogP contribution is 1.73. The molecule has 0 fully saturated rings. The lowest BCUT2D eigenvalue weighted by Crippen LogP contribution is -2.27. The van der Waals surface area contributed by atoms with Crippen LogP contribution in [-0.2, 0) is 31.3 Å². The molecule has 0 radical (unpaired) electrons. The molecule has 0 amide bonds. The van der Waals surface area contributed by atoms with E-state index in [0.29, 0.717) is 8.88 Å². The summed E-state index contributed by atoms with van der Waals surface area (Å²) in [5, 5.41) is 0. The lowest BCUT2D eigenvalue weighted by molar-refractivity contribution is -0.849. The molecule has 1 nitrogen and oxygen atoms in total. The molecule has 0 unspecified atom stereocenters. The van der Waals surface area contributed by atoms with E-state index in [1.165, 1.54) is 0 Å². The van der Waals surface area contributed by atoms with Crippen molar-refractivity contribution in [2.75, 3.05) is 28.2 Å². The Morgan fingerprint density at radius 1 is 1.00 bits per heavy atom. The normalized spacial score (nSPS) is 9.50. The molecule has 52 valence electrons. The lowest BCUT2D eigenvalue weighted by atomic mass is 10.8. The van der Waals surface area contributed by atoms with Gasteiger partial charge in [0.2, 0.25) is 0 Å². The van der Waals surface area contributed by atoms with E-state index in [4.69, 9.17) is 0 Å². The minimum atomic E-state index is 0.583. The molecule has 0 aromatic rings. The summed E-state index contributed by atoms with van der Waals surface area (Å²) in [5.74, 6) is 0. The molecule has 0 spiro atoms. The Morgan fingerprint density at radius 3 is 1.00 bits per heavy atom. The number of quaternary nitrogens is 1. The van der Waals surface area contributed by atoms with Crippen molar-refractivity contribution in [3.05, 3.63) is 0 Å². The first kappa shape index (κ1) is 11.5. The summed E-state index contributed by atoms with van der Waals surface area (Å²) in [4.78, 5) is 0. The van der Waals surface area contributed by atoms with Gasteiger partial charge >= 0.3 is 0 Å². The summed E-state index contributed by atoms with van der Waals surface area (Å²) in [6.45, 7) is 0. The third-order valence-corrected chi connectivity index (χ3v) is 0. The van der Waals surface area contributed by atoms with Gasteiger partial charge in [-0.2, -0.15) is 0 Å². The van der Waals surface area contributed by atoms with Crippen LogP contribution in [0.5, 0.6) is 0 Å². The third kappa shape index (κ3) is 397. The van der Waals surface area contributed by atoms with Crippen LogP contribution < -0.4 is 0 Å². The number of rotatable bonds is 0. The molecule has 4 heteroatoms. The number of hydrogen-bond donors (Lipinski definition) is 0. The van der Waals surface area contributed by atoms with Gasteiger partial charge in [-0.25, -0.2) is 0 Å². The third-order valence-electron chi connectivity index (χ3n) is 0. The maximum Gasteiger partial charge on any atom is 0.0675 e. The molecular weight excluding hydrogens is 158 g/mol. The van der Waals surface area contributed by atoms with E-state index in [0.717, 1.165) is 4.48 Å². The van der Waals surface area contributed by atoms with Gasteiger partial charge < -0.3 is 13.4 Å². The average molecular weight is 171 g/mol. The molecule has 0 aromatic carbocycles. The first-order chi connectivity index (χ1) is 3.41. The maximum atomic E-state index is 4.18. The second-order valence-corrected chi connectivity index (χ2v) is 4.70. The van der Waals surface area contributed by atoms with E-state index in [1.807, 2.05) is 0 Å². The topological polar surface area (TPSA) is 0 Å². The molecule has 0 saturated carbocycles. The van der Waals surface area contributed by atoms with Gasteiger partial charge in [-0.15, -0.1) is 0 Å². The predicted molar refractivity (Wildman–Crippen MR) is 47.4 cm³/mol. The second kappa shape index (κ2) is 5.88. The van der Waals surface area contributed by atoms with Gasteiger partial charge in [0.1, 0.15) is 0 Å². The Balaban J connectivity index is 0. The quantitative estimate of drug-likeness (QED) is 0.287. The summed E-state index contributed by atoms with van der Waals surface area (Å²) in [5.41, 5.74) is 0. The summed E-state index contributed by atoms with van der Waals surface area (Å²) >= 11 is 8.36. The first-order valence-electron chi connectivity index (χ1n) is 2.15. The Morgan fingerprint density at radius 2 is 1.00 bits per heavy atom. The minimum Gasteiger partial charge on any atom is -0.362 e. The Labute approximate surface area is 64.2 Å². The predicted octanol–water partition coefficient (Wildman–Crippen LogP) is 0.0475. The van der Waals surface area contributed by atoms with Crippen molar-refractivity contribution in [3.8, 4) is 0 Å². The Hall–Kier alpha value is 0.750. The highest BCUT2D eigenvalue weighted by atomic mass is 33.1. The van der Waals surface area contributed by atoms with E-state index in [-0.39, 0.29) is 0 Å². The van der Waals surface area contributed by atoms with Crippen LogP contribution in [0.3, 0.4) is 0 Å². The summed E-state index contributed by atoms with van der Waals surface area (Å²) in [7, 11) is 9.08. The van der Waals surface area contributed by atoms with Gasteiger partial charge in [0.25, 0.3) is 0 Å². The minimum absolute atomic E-state index is 0.583.